The van der Waals surface area contributed by atoms with E-state index in [1.807, 2.05) is 0 Å². The number of nitrogens with zero attached hydrogens (tertiary/aromatic N) is 3. The highest BCUT2D eigenvalue weighted by Gasteiger charge is 2.21. The Morgan fingerprint density at radius 3 is 2.93 bits per heavy atom. The van der Waals surface area contributed by atoms with E-state index in [0.717, 1.165) is 0 Å². The molecule has 1 rings (SSSR count). The number of nitrogens with one attached hydrogen (secondary N) is 1. The molecule has 0 aliphatic rings. The predicted octanol–water partition coefficient (Wildman–Crippen LogP) is 0.229. The van der Waals surface area contributed by atoms with Gasteiger partial charge in [-0.1, -0.05) is 5.10 Å². The fourth-order valence-corrected chi connectivity index (χ4v) is 1.17. The number of aromatic nitrogens is 2. The fraction of sp³-hybridized carbons (Fsp3) is 0.429. The van der Waals surface area contributed by atoms with Crippen molar-refractivity contribution >= 4 is 17.5 Å². The summed E-state index contributed by atoms with van der Waals surface area (Å²) in [5, 5.41) is 24.9. The maximum atomic E-state index is 10.5. The number of nitro groups is 1. The molecular formula is C7H10N4O4. The minimum Gasteiger partial charge on any atom is -0.480 e. The molecular weight excluding hydrogens is 204 g/mol. The van der Waals surface area contributed by atoms with Crippen molar-refractivity contribution in [2.75, 3.05) is 18.0 Å². The molecule has 0 aromatic carbocycles. The molecule has 8 heteroatoms. The van der Waals surface area contributed by atoms with E-state index in [9.17, 15) is 14.9 Å². The van der Waals surface area contributed by atoms with E-state index < -0.39 is 10.9 Å². The number of carboxylic acid groups (broad SMARTS) is 1. The molecule has 2 N–H and O–H groups in total. The minimum absolute atomic E-state index is 0.185. The summed E-state index contributed by atoms with van der Waals surface area (Å²) >= 11 is 0. The van der Waals surface area contributed by atoms with E-state index in [4.69, 9.17) is 5.11 Å². The van der Waals surface area contributed by atoms with Crippen molar-refractivity contribution in [2.45, 2.75) is 6.92 Å². The van der Waals surface area contributed by atoms with Gasteiger partial charge in [-0.25, -0.2) is 0 Å². The molecule has 82 valence electrons. The van der Waals surface area contributed by atoms with Crippen LogP contribution in [-0.4, -0.2) is 39.3 Å². The summed E-state index contributed by atoms with van der Waals surface area (Å²) in [5.74, 6) is -1.34. The highest BCUT2D eigenvalue weighted by molar-refractivity contribution is 5.75. The lowest BCUT2D eigenvalue weighted by Crippen LogP contribution is -2.29. The van der Waals surface area contributed by atoms with E-state index in [0.29, 0.717) is 6.54 Å². The second-order valence-corrected chi connectivity index (χ2v) is 2.77. The Bertz CT molecular complexity index is 375. The third-order valence-electron chi connectivity index (χ3n) is 1.83. The Morgan fingerprint density at radius 2 is 2.47 bits per heavy atom. The van der Waals surface area contributed by atoms with Gasteiger partial charge in [0, 0.05) is 6.54 Å². The van der Waals surface area contributed by atoms with Gasteiger partial charge in [0.05, 0.1) is 0 Å². The molecule has 0 atom stereocenters. The quantitative estimate of drug-likeness (QED) is 0.535. The molecule has 8 nitrogen and oxygen atoms in total. The van der Waals surface area contributed by atoms with Gasteiger partial charge in [0.25, 0.3) is 0 Å². The number of aliphatic carboxylic acids is 1. The first-order chi connectivity index (χ1) is 7.06. The van der Waals surface area contributed by atoms with Crippen LogP contribution in [0.3, 0.4) is 0 Å². The summed E-state index contributed by atoms with van der Waals surface area (Å²) in [7, 11) is 0. The Kier molecular flexibility index (Phi) is 3.21. The second kappa shape index (κ2) is 4.40. The second-order valence-electron chi connectivity index (χ2n) is 2.77. The first kappa shape index (κ1) is 11.0. The van der Waals surface area contributed by atoms with Crippen molar-refractivity contribution in [1.29, 1.82) is 0 Å². The van der Waals surface area contributed by atoms with Gasteiger partial charge >= 0.3 is 11.8 Å². The summed E-state index contributed by atoms with van der Waals surface area (Å²) in [6, 6.07) is 0. The summed E-state index contributed by atoms with van der Waals surface area (Å²) in [5.41, 5.74) is 0.185. The Hall–Kier alpha value is -2.12. The number of likely N-dealkylation sites (N-methyl/N-ethyl adjacent to an activating group) is 1. The predicted molar refractivity (Wildman–Crippen MR) is 50.8 cm³/mol. The van der Waals surface area contributed by atoms with Crippen LogP contribution < -0.4 is 4.90 Å². The molecule has 1 aromatic rings. The molecule has 0 amide bonds. The smallest absolute Gasteiger partial charge is 0.366 e. The number of carbonyl (C=O) groups is 1. The maximum Gasteiger partial charge on any atom is 0.366 e. The number of aromatic amines is 1. The van der Waals surface area contributed by atoms with Crippen molar-refractivity contribution in [3.05, 3.63) is 16.3 Å². The first-order valence-corrected chi connectivity index (χ1v) is 4.20. The van der Waals surface area contributed by atoms with Crippen molar-refractivity contribution in [1.82, 2.24) is 10.2 Å². The molecule has 0 radical (unpaired) electrons. The van der Waals surface area contributed by atoms with Gasteiger partial charge < -0.3 is 20.1 Å². The lowest BCUT2D eigenvalue weighted by molar-refractivity contribution is -0.388. The number of hydrogen-bond donors (Lipinski definition) is 2. The fourth-order valence-electron chi connectivity index (χ4n) is 1.17. The molecule has 0 fully saturated rings. The lowest BCUT2D eigenvalue weighted by Gasteiger charge is -2.17. The van der Waals surface area contributed by atoms with Gasteiger partial charge in [0.15, 0.2) is 5.69 Å². The first-order valence-electron chi connectivity index (χ1n) is 4.20. The van der Waals surface area contributed by atoms with Crippen molar-refractivity contribution in [3.8, 4) is 0 Å². The average molecular weight is 214 g/mol. The van der Waals surface area contributed by atoms with Crippen LogP contribution in [0.2, 0.25) is 0 Å². The summed E-state index contributed by atoms with van der Waals surface area (Å²) in [6.45, 7) is 1.77. The van der Waals surface area contributed by atoms with E-state index >= 15 is 0 Å². The number of hydrogen-bond acceptors (Lipinski definition) is 5. The standard InChI is InChI=1S/C7H10N4O4/c1-2-10(4-6(12)13)5-3-8-9-7(5)11(14)15/h3H,2,4H2,1H3,(H,8,9)(H,12,13). The normalized spacial score (nSPS) is 9.93. The molecule has 1 heterocycles. The van der Waals surface area contributed by atoms with E-state index in [2.05, 4.69) is 10.2 Å². The van der Waals surface area contributed by atoms with Crippen LogP contribution in [0.1, 0.15) is 6.92 Å². The largest absolute Gasteiger partial charge is 0.480 e. The van der Waals surface area contributed by atoms with Gasteiger partial charge in [-0.15, -0.1) is 5.10 Å². The summed E-state index contributed by atoms with van der Waals surface area (Å²) in [6.07, 6.45) is 1.24. The Labute approximate surface area is 84.7 Å². The van der Waals surface area contributed by atoms with Gasteiger partial charge in [-0.3, -0.25) is 4.79 Å². The number of carboxylic acids is 1. The molecule has 0 saturated carbocycles. The molecule has 1 aromatic heterocycles. The summed E-state index contributed by atoms with van der Waals surface area (Å²) < 4.78 is 0. The van der Waals surface area contributed by atoms with Crippen molar-refractivity contribution in [3.63, 3.8) is 0 Å². The van der Waals surface area contributed by atoms with Gasteiger partial charge in [0.2, 0.25) is 0 Å². The summed E-state index contributed by atoms with van der Waals surface area (Å²) in [4.78, 5) is 21.8. The Balaban J connectivity index is 2.96. The molecule has 0 aliphatic heterocycles. The van der Waals surface area contributed by atoms with Crippen LogP contribution in [0.25, 0.3) is 0 Å². The zero-order chi connectivity index (χ0) is 11.4. The molecule has 0 aliphatic carbocycles. The van der Waals surface area contributed by atoms with E-state index in [1.54, 1.807) is 6.92 Å². The topological polar surface area (TPSA) is 112 Å². The average Bonchev–Trinajstić information content (AvgIpc) is 2.62. The van der Waals surface area contributed by atoms with Crippen LogP contribution in [0, 0.1) is 10.1 Å². The molecule has 0 saturated heterocycles. The monoisotopic (exact) mass is 214 g/mol. The molecule has 0 unspecified atom stereocenters. The van der Waals surface area contributed by atoms with Crippen LogP contribution in [0.15, 0.2) is 6.20 Å². The van der Waals surface area contributed by atoms with Crippen molar-refractivity contribution < 1.29 is 14.8 Å². The SMILES string of the molecule is CCN(CC(=O)O)c1cn[nH]c1[N+](=O)[O-]. The van der Waals surface area contributed by atoms with Crippen LogP contribution in [0.4, 0.5) is 11.5 Å². The van der Waals surface area contributed by atoms with E-state index in [-0.39, 0.29) is 18.1 Å². The number of H-pyrrole nitrogens is 1. The highest BCUT2D eigenvalue weighted by Crippen LogP contribution is 2.24. The zero-order valence-electron chi connectivity index (χ0n) is 8.01. The third kappa shape index (κ3) is 2.42. The number of anilines is 1. The van der Waals surface area contributed by atoms with Crippen LogP contribution >= 0.6 is 0 Å². The molecule has 0 spiro atoms. The van der Waals surface area contributed by atoms with E-state index in [1.165, 1.54) is 11.1 Å². The lowest BCUT2D eigenvalue weighted by atomic mass is 10.4. The molecule has 15 heavy (non-hydrogen) atoms. The highest BCUT2D eigenvalue weighted by atomic mass is 16.6. The number of rotatable bonds is 5. The van der Waals surface area contributed by atoms with Gasteiger partial charge in [0.1, 0.15) is 12.7 Å². The van der Waals surface area contributed by atoms with Crippen LogP contribution in [-0.2, 0) is 4.79 Å². The Morgan fingerprint density at radius 1 is 1.80 bits per heavy atom. The third-order valence-corrected chi connectivity index (χ3v) is 1.83. The minimum atomic E-state index is -1.05. The van der Waals surface area contributed by atoms with Crippen LogP contribution in [0.5, 0.6) is 0 Å². The molecule has 0 bridgehead atoms. The van der Waals surface area contributed by atoms with Crippen molar-refractivity contribution in [2.24, 2.45) is 0 Å². The van der Waals surface area contributed by atoms with Gasteiger partial charge in [-0.2, -0.15) is 0 Å². The zero-order valence-corrected chi connectivity index (χ0v) is 8.01. The van der Waals surface area contributed by atoms with Gasteiger partial charge in [-0.05, 0) is 11.8 Å². The maximum absolute atomic E-state index is 10.5.